The molecule has 8 nitrogen and oxygen atoms in total. The molecule has 0 spiro atoms. The molecular formula is C25H20N4O4. The number of fused-ring (bicyclic) bond motifs is 1. The van der Waals surface area contributed by atoms with Crippen LogP contribution < -0.4 is 5.76 Å². The van der Waals surface area contributed by atoms with Gasteiger partial charge in [0, 0.05) is 11.3 Å². The van der Waals surface area contributed by atoms with E-state index in [9.17, 15) is 14.7 Å². The van der Waals surface area contributed by atoms with Crippen molar-refractivity contribution in [1.29, 1.82) is 0 Å². The zero-order chi connectivity index (χ0) is 23.1. The number of aromatic carboxylic acids is 1. The number of carbonyl (C=O) groups is 1. The Morgan fingerprint density at radius 2 is 1.85 bits per heavy atom. The molecule has 164 valence electrons. The highest BCUT2D eigenvalue weighted by Crippen LogP contribution is 2.34. The smallest absolute Gasteiger partial charge is 0.439 e. The van der Waals surface area contributed by atoms with Crippen LogP contribution in [0.15, 0.2) is 70.0 Å². The first-order valence-corrected chi connectivity index (χ1v) is 10.5. The van der Waals surface area contributed by atoms with Gasteiger partial charge in [-0.05, 0) is 54.3 Å². The Labute approximate surface area is 188 Å². The zero-order valence-electron chi connectivity index (χ0n) is 18.0. The molecule has 2 N–H and O–H groups in total. The largest absolute Gasteiger partial charge is 0.478 e. The SMILES string of the molecule is CCc1cc(-n2c(C)nc3cccc(C(=O)O)c32)ccc1-c1ccccc1-c1noc(=O)[nH]1. The Hall–Kier alpha value is -4.46. The van der Waals surface area contributed by atoms with Crippen molar-refractivity contribution in [3.63, 3.8) is 0 Å². The normalized spacial score (nSPS) is 11.2. The van der Waals surface area contributed by atoms with Gasteiger partial charge in [-0.3, -0.25) is 14.1 Å². The minimum atomic E-state index is -0.996. The van der Waals surface area contributed by atoms with Crippen molar-refractivity contribution in [1.82, 2.24) is 19.7 Å². The number of aromatic amines is 1. The third kappa shape index (κ3) is 3.41. The molecule has 33 heavy (non-hydrogen) atoms. The summed E-state index contributed by atoms with van der Waals surface area (Å²) in [5.41, 5.74) is 5.94. The van der Waals surface area contributed by atoms with Gasteiger partial charge in [-0.15, -0.1) is 0 Å². The van der Waals surface area contributed by atoms with E-state index in [-0.39, 0.29) is 5.56 Å². The van der Waals surface area contributed by atoms with Gasteiger partial charge in [0.05, 0.1) is 16.6 Å². The van der Waals surface area contributed by atoms with Crippen molar-refractivity contribution in [2.75, 3.05) is 0 Å². The van der Waals surface area contributed by atoms with E-state index >= 15 is 0 Å². The van der Waals surface area contributed by atoms with E-state index < -0.39 is 11.7 Å². The van der Waals surface area contributed by atoms with Gasteiger partial charge in [0.25, 0.3) is 0 Å². The fourth-order valence-electron chi connectivity index (χ4n) is 4.28. The van der Waals surface area contributed by atoms with Crippen LogP contribution in [0.1, 0.15) is 28.7 Å². The second-order valence-corrected chi connectivity index (χ2v) is 7.66. The quantitative estimate of drug-likeness (QED) is 0.413. The molecule has 0 aliphatic carbocycles. The Balaban J connectivity index is 1.71. The van der Waals surface area contributed by atoms with E-state index in [2.05, 4.69) is 22.0 Å². The third-order valence-corrected chi connectivity index (χ3v) is 5.72. The Morgan fingerprint density at radius 3 is 2.55 bits per heavy atom. The first-order valence-electron chi connectivity index (χ1n) is 10.5. The van der Waals surface area contributed by atoms with Crippen LogP contribution in [0.2, 0.25) is 0 Å². The second-order valence-electron chi connectivity index (χ2n) is 7.66. The second kappa shape index (κ2) is 7.90. The number of rotatable bonds is 5. The van der Waals surface area contributed by atoms with E-state index in [0.717, 1.165) is 34.4 Å². The van der Waals surface area contributed by atoms with Crippen molar-refractivity contribution >= 4 is 17.0 Å². The van der Waals surface area contributed by atoms with E-state index in [0.29, 0.717) is 22.7 Å². The van der Waals surface area contributed by atoms with Crippen molar-refractivity contribution in [2.45, 2.75) is 20.3 Å². The number of aromatic nitrogens is 4. The number of hydrogen-bond acceptors (Lipinski definition) is 5. The molecular weight excluding hydrogens is 420 g/mol. The summed E-state index contributed by atoms with van der Waals surface area (Å²) in [6.07, 6.45) is 0.740. The molecule has 0 amide bonds. The molecule has 0 saturated carbocycles. The van der Waals surface area contributed by atoms with Gasteiger partial charge in [0.15, 0.2) is 5.82 Å². The number of para-hydroxylation sites is 1. The molecule has 8 heteroatoms. The monoisotopic (exact) mass is 440 g/mol. The van der Waals surface area contributed by atoms with E-state index in [1.54, 1.807) is 12.1 Å². The van der Waals surface area contributed by atoms with Crippen LogP contribution in [-0.4, -0.2) is 30.8 Å². The number of carboxylic acid groups (broad SMARTS) is 1. The highest BCUT2D eigenvalue weighted by molar-refractivity contribution is 6.02. The fraction of sp³-hybridized carbons (Fsp3) is 0.120. The third-order valence-electron chi connectivity index (χ3n) is 5.72. The summed E-state index contributed by atoms with van der Waals surface area (Å²) in [4.78, 5) is 30.5. The maximum absolute atomic E-state index is 11.9. The zero-order valence-corrected chi connectivity index (χ0v) is 18.0. The molecule has 0 bridgehead atoms. The number of nitrogens with zero attached hydrogens (tertiary/aromatic N) is 3. The average Bonchev–Trinajstić information content (AvgIpc) is 3.40. The number of nitrogens with one attached hydrogen (secondary N) is 1. The minimum absolute atomic E-state index is 0.204. The molecule has 2 aromatic heterocycles. The lowest BCUT2D eigenvalue weighted by Gasteiger charge is -2.15. The van der Waals surface area contributed by atoms with Crippen molar-refractivity contribution < 1.29 is 14.4 Å². The van der Waals surface area contributed by atoms with Crippen LogP contribution in [0.3, 0.4) is 0 Å². The molecule has 0 saturated heterocycles. The molecule has 0 aliphatic heterocycles. The number of imidazole rings is 1. The number of hydrogen-bond donors (Lipinski definition) is 2. The highest BCUT2D eigenvalue weighted by atomic mass is 16.5. The number of benzene rings is 3. The molecule has 0 radical (unpaired) electrons. The molecule has 5 rings (SSSR count). The first kappa shape index (κ1) is 20.4. The molecule has 0 fully saturated rings. The fourth-order valence-corrected chi connectivity index (χ4v) is 4.28. The van der Waals surface area contributed by atoms with Crippen LogP contribution in [0.25, 0.3) is 39.2 Å². The lowest BCUT2D eigenvalue weighted by atomic mass is 9.93. The number of aryl methyl sites for hydroxylation is 2. The van der Waals surface area contributed by atoms with Gasteiger partial charge in [-0.25, -0.2) is 14.6 Å². The van der Waals surface area contributed by atoms with Gasteiger partial charge in [-0.2, -0.15) is 0 Å². The molecule has 3 aromatic carbocycles. The first-order chi connectivity index (χ1) is 16.0. The maximum atomic E-state index is 11.9. The summed E-state index contributed by atoms with van der Waals surface area (Å²) in [6.45, 7) is 3.92. The molecule has 0 atom stereocenters. The van der Waals surface area contributed by atoms with E-state index in [1.165, 1.54) is 0 Å². The van der Waals surface area contributed by atoms with Gasteiger partial charge in [-0.1, -0.05) is 48.5 Å². The van der Waals surface area contributed by atoms with Crippen LogP contribution in [0, 0.1) is 6.92 Å². The molecule has 2 heterocycles. The summed E-state index contributed by atoms with van der Waals surface area (Å²) < 4.78 is 6.58. The lowest BCUT2D eigenvalue weighted by molar-refractivity contribution is 0.0698. The maximum Gasteiger partial charge on any atom is 0.439 e. The Kier molecular flexibility index (Phi) is 4.90. The predicted molar refractivity (Wildman–Crippen MR) is 124 cm³/mol. The van der Waals surface area contributed by atoms with E-state index in [4.69, 9.17) is 4.52 Å². The van der Waals surface area contributed by atoms with Crippen LogP contribution in [-0.2, 0) is 6.42 Å². The van der Waals surface area contributed by atoms with Gasteiger partial charge in [0.1, 0.15) is 5.82 Å². The lowest BCUT2D eigenvalue weighted by Crippen LogP contribution is -2.04. The minimum Gasteiger partial charge on any atom is -0.478 e. The van der Waals surface area contributed by atoms with Gasteiger partial charge < -0.3 is 5.11 Å². The molecule has 5 aromatic rings. The summed E-state index contributed by atoms with van der Waals surface area (Å²) in [7, 11) is 0. The van der Waals surface area contributed by atoms with E-state index in [1.807, 2.05) is 60.0 Å². The summed E-state index contributed by atoms with van der Waals surface area (Å²) in [5, 5.41) is 13.6. The van der Waals surface area contributed by atoms with Crippen molar-refractivity contribution in [3.8, 4) is 28.2 Å². The summed E-state index contributed by atoms with van der Waals surface area (Å²) >= 11 is 0. The van der Waals surface area contributed by atoms with Crippen LogP contribution >= 0.6 is 0 Å². The van der Waals surface area contributed by atoms with Crippen molar-refractivity contribution in [2.24, 2.45) is 0 Å². The standard InChI is InChI=1S/C25H20N4O4/c1-3-15-13-16(29-14(2)26-21-10-6-9-20(22(21)29)24(30)31)11-12-17(15)18-7-4-5-8-19(18)23-27-25(32)33-28-23/h4-13H,3H2,1-2H3,(H,30,31)(H,27,28,32). The van der Waals surface area contributed by atoms with Gasteiger partial charge >= 0.3 is 11.7 Å². The predicted octanol–water partition coefficient (Wildman–Crippen LogP) is 4.60. The van der Waals surface area contributed by atoms with Gasteiger partial charge in [0.2, 0.25) is 0 Å². The summed E-state index contributed by atoms with van der Waals surface area (Å²) in [5.74, 6) is -0.537. The molecule has 0 unspecified atom stereocenters. The van der Waals surface area contributed by atoms with Crippen LogP contribution in [0.5, 0.6) is 0 Å². The number of carboxylic acids is 1. The van der Waals surface area contributed by atoms with Crippen LogP contribution in [0.4, 0.5) is 0 Å². The van der Waals surface area contributed by atoms with Crippen molar-refractivity contribution in [3.05, 3.63) is 88.2 Å². The Morgan fingerprint density at radius 1 is 1.06 bits per heavy atom. The Bertz CT molecular complexity index is 1580. The number of H-pyrrole nitrogens is 1. The topological polar surface area (TPSA) is 114 Å². The molecule has 0 aliphatic rings. The average molecular weight is 440 g/mol. The highest BCUT2D eigenvalue weighted by Gasteiger charge is 2.19. The summed E-state index contributed by atoms with van der Waals surface area (Å²) in [6, 6.07) is 18.8.